The van der Waals surface area contributed by atoms with Crippen molar-refractivity contribution < 1.29 is 4.79 Å². The molecule has 1 aliphatic rings. The van der Waals surface area contributed by atoms with E-state index in [4.69, 9.17) is 5.73 Å². The summed E-state index contributed by atoms with van der Waals surface area (Å²) in [6.07, 6.45) is 4.32. The van der Waals surface area contributed by atoms with Gasteiger partial charge in [0.1, 0.15) is 0 Å². The molecule has 0 unspecified atom stereocenters. The quantitative estimate of drug-likeness (QED) is 0.816. The highest BCUT2D eigenvalue weighted by atomic mass is 79.9. The molecule has 1 aromatic rings. The third kappa shape index (κ3) is 3.25. The highest BCUT2D eigenvalue weighted by Gasteiger charge is 2.24. The lowest BCUT2D eigenvalue weighted by atomic mass is 9.82. The van der Waals surface area contributed by atoms with Gasteiger partial charge in [0.15, 0.2) is 0 Å². The van der Waals surface area contributed by atoms with Gasteiger partial charge >= 0.3 is 0 Å². The van der Waals surface area contributed by atoms with Crippen molar-refractivity contribution in [1.29, 1.82) is 0 Å². The summed E-state index contributed by atoms with van der Waals surface area (Å²) in [5, 5.41) is 2.97. The number of anilines is 2. The average molecular weight is 311 g/mol. The minimum Gasteiger partial charge on any atom is -0.398 e. The Morgan fingerprint density at radius 3 is 2.61 bits per heavy atom. The van der Waals surface area contributed by atoms with Crippen LogP contribution in [0.4, 0.5) is 11.4 Å². The molecule has 3 N–H and O–H groups in total. The van der Waals surface area contributed by atoms with Crippen LogP contribution in [0, 0.1) is 11.8 Å². The molecular weight excluding hydrogens is 292 g/mol. The molecule has 0 saturated heterocycles. The second-order valence-corrected chi connectivity index (χ2v) is 6.04. The maximum atomic E-state index is 12.1. The lowest BCUT2D eigenvalue weighted by Gasteiger charge is -2.25. The summed E-state index contributed by atoms with van der Waals surface area (Å²) in [6, 6.07) is 5.48. The molecule has 18 heavy (non-hydrogen) atoms. The lowest BCUT2D eigenvalue weighted by Crippen LogP contribution is -2.26. The molecular formula is C14H19BrN2O. The minimum atomic E-state index is 0.138. The monoisotopic (exact) mass is 310 g/mol. The topological polar surface area (TPSA) is 55.1 Å². The molecule has 2 rings (SSSR count). The number of nitrogens with one attached hydrogen (secondary N) is 1. The molecule has 0 heterocycles. The van der Waals surface area contributed by atoms with Gasteiger partial charge in [0.2, 0.25) is 5.91 Å². The summed E-state index contributed by atoms with van der Waals surface area (Å²) in [7, 11) is 0. The smallest absolute Gasteiger partial charge is 0.227 e. The normalized spacial score (nSPS) is 23.7. The Balaban J connectivity index is 1.96. The lowest BCUT2D eigenvalue weighted by molar-refractivity contribution is -0.121. The fourth-order valence-electron chi connectivity index (χ4n) is 2.37. The first-order chi connectivity index (χ1) is 8.56. The van der Waals surface area contributed by atoms with E-state index in [9.17, 15) is 4.79 Å². The van der Waals surface area contributed by atoms with Crippen LogP contribution in [-0.2, 0) is 4.79 Å². The number of halogens is 1. The largest absolute Gasteiger partial charge is 0.398 e. The number of carbonyl (C=O) groups excluding carboxylic acids is 1. The molecule has 98 valence electrons. The van der Waals surface area contributed by atoms with E-state index in [1.54, 1.807) is 6.07 Å². The van der Waals surface area contributed by atoms with E-state index in [0.29, 0.717) is 5.69 Å². The molecule has 1 amide bonds. The molecule has 1 aliphatic carbocycles. The molecule has 0 spiro atoms. The molecule has 1 saturated carbocycles. The van der Waals surface area contributed by atoms with E-state index >= 15 is 0 Å². The van der Waals surface area contributed by atoms with Crippen LogP contribution in [-0.4, -0.2) is 5.91 Å². The summed E-state index contributed by atoms with van der Waals surface area (Å²) in [5.41, 5.74) is 7.20. The summed E-state index contributed by atoms with van der Waals surface area (Å²) >= 11 is 3.36. The summed E-state index contributed by atoms with van der Waals surface area (Å²) in [5.74, 6) is 1.07. The molecule has 0 aliphatic heterocycles. The first-order valence-electron chi connectivity index (χ1n) is 6.42. The van der Waals surface area contributed by atoms with Gasteiger partial charge in [0.05, 0.1) is 0 Å². The number of hydrogen-bond acceptors (Lipinski definition) is 2. The van der Waals surface area contributed by atoms with Gasteiger partial charge in [-0.1, -0.05) is 6.92 Å². The van der Waals surface area contributed by atoms with Gasteiger partial charge in [0.25, 0.3) is 0 Å². The second-order valence-electron chi connectivity index (χ2n) is 5.18. The zero-order chi connectivity index (χ0) is 13.1. The Bertz CT molecular complexity index is 439. The Morgan fingerprint density at radius 2 is 2.00 bits per heavy atom. The molecule has 3 nitrogen and oxygen atoms in total. The number of amides is 1. The first-order valence-corrected chi connectivity index (χ1v) is 7.21. The third-order valence-corrected chi connectivity index (χ3v) is 4.34. The number of nitrogen functional groups attached to an aromatic ring is 1. The van der Waals surface area contributed by atoms with Crippen molar-refractivity contribution in [2.45, 2.75) is 32.6 Å². The van der Waals surface area contributed by atoms with Gasteiger partial charge in [-0.25, -0.2) is 0 Å². The van der Waals surface area contributed by atoms with Crippen molar-refractivity contribution in [3.8, 4) is 0 Å². The van der Waals surface area contributed by atoms with Gasteiger partial charge < -0.3 is 11.1 Å². The molecule has 0 radical (unpaired) electrons. The summed E-state index contributed by atoms with van der Waals surface area (Å²) in [6.45, 7) is 2.26. The first kappa shape index (κ1) is 13.4. The molecule has 1 aromatic carbocycles. The Labute approximate surface area is 116 Å². The van der Waals surface area contributed by atoms with E-state index in [1.807, 2.05) is 12.1 Å². The van der Waals surface area contributed by atoms with Crippen LogP contribution < -0.4 is 11.1 Å². The van der Waals surface area contributed by atoms with Crippen LogP contribution in [0.15, 0.2) is 22.7 Å². The van der Waals surface area contributed by atoms with Crippen LogP contribution in [0.1, 0.15) is 32.6 Å². The van der Waals surface area contributed by atoms with Gasteiger partial charge in [-0.3, -0.25) is 4.79 Å². The number of benzene rings is 1. The average Bonchev–Trinajstić information content (AvgIpc) is 2.34. The van der Waals surface area contributed by atoms with Crippen molar-refractivity contribution >= 4 is 33.2 Å². The summed E-state index contributed by atoms with van der Waals surface area (Å²) in [4.78, 5) is 12.1. The molecule has 0 atom stereocenters. The maximum absolute atomic E-state index is 12.1. The molecule has 0 bridgehead atoms. The summed E-state index contributed by atoms with van der Waals surface area (Å²) < 4.78 is 0.817. The zero-order valence-electron chi connectivity index (χ0n) is 10.6. The predicted molar refractivity (Wildman–Crippen MR) is 78.3 cm³/mol. The molecule has 4 heteroatoms. The van der Waals surface area contributed by atoms with Crippen molar-refractivity contribution in [3.05, 3.63) is 22.7 Å². The fourth-order valence-corrected chi connectivity index (χ4v) is 2.75. The van der Waals surface area contributed by atoms with E-state index in [0.717, 1.165) is 41.8 Å². The third-order valence-electron chi connectivity index (χ3n) is 3.65. The van der Waals surface area contributed by atoms with E-state index in [2.05, 4.69) is 28.2 Å². The van der Waals surface area contributed by atoms with Gasteiger partial charge in [-0.15, -0.1) is 0 Å². The van der Waals surface area contributed by atoms with Crippen molar-refractivity contribution in [3.63, 3.8) is 0 Å². The maximum Gasteiger partial charge on any atom is 0.227 e. The Morgan fingerprint density at radius 1 is 1.33 bits per heavy atom. The number of carbonyl (C=O) groups is 1. The Hall–Kier alpha value is -1.03. The van der Waals surface area contributed by atoms with Crippen molar-refractivity contribution in [2.75, 3.05) is 11.1 Å². The molecule has 0 aromatic heterocycles. The van der Waals surface area contributed by atoms with Crippen LogP contribution in [0.3, 0.4) is 0 Å². The number of hydrogen-bond donors (Lipinski definition) is 2. The van der Waals surface area contributed by atoms with Gasteiger partial charge in [-0.05, 0) is 65.7 Å². The minimum absolute atomic E-state index is 0.138. The van der Waals surface area contributed by atoms with E-state index < -0.39 is 0 Å². The van der Waals surface area contributed by atoms with Crippen molar-refractivity contribution in [1.82, 2.24) is 0 Å². The van der Waals surface area contributed by atoms with Crippen LogP contribution in [0.25, 0.3) is 0 Å². The zero-order valence-corrected chi connectivity index (χ0v) is 12.2. The second kappa shape index (κ2) is 5.74. The SMILES string of the molecule is CC1CCC(C(=O)Nc2ccc(N)c(Br)c2)CC1. The van der Waals surface area contributed by atoms with Gasteiger partial charge in [0, 0.05) is 21.8 Å². The fraction of sp³-hybridized carbons (Fsp3) is 0.500. The van der Waals surface area contributed by atoms with E-state index in [-0.39, 0.29) is 11.8 Å². The van der Waals surface area contributed by atoms with Crippen molar-refractivity contribution in [2.24, 2.45) is 11.8 Å². The van der Waals surface area contributed by atoms with Gasteiger partial charge in [-0.2, -0.15) is 0 Å². The Kier molecular flexibility index (Phi) is 4.27. The number of rotatable bonds is 2. The molecule has 1 fully saturated rings. The number of nitrogens with two attached hydrogens (primary N) is 1. The van der Waals surface area contributed by atoms with E-state index in [1.165, 1.54) is 0 Å². The predicted octanol–water partition coefficient (Wildman–Crippen LogP) is 3.80. The highest BCUT2D eigenvalue weighted by Crippen LogP contribution is 2.30. The van der Waals surface area contributed by atoms with Crippen LogP contribution >= 0.6 is 15.9 Å². The van der Waals surface area contributed by atoms with Crippen LogP contribution in [0.5, 0.6) is 0 Å². The standard InChI is InChI=1S/C14H19BrN2O/c1-9-2-4-10(5-3-9)14(18)17-11-6-7-13(16)12(15)8-11/h6-10H,2-5,16H2,1H3,(H,17,18). The van der Waals surface area contributed by atoms with Crippen LogP contribution in [0.2, 0.25) is 0 Å². The highest BCUT2D eigenvalue weighted by molar-refractivity contribution is 9.10.